The second-order valence-electron chi connectivity index (χ2n) is 8.48. The van der Waals surface area contributed by atoms with Crippen molar-refractivity contribution in [2.75, 3.05) is 18.9 Å². The molecule has 1 saturated heterocycles. The summed E-state index contributed by atoms with van der Waals surface area (Å²) in [6.45, 7) is 4.63. The highest BCUT2D eigenvalue weighted by molar-refractivity contribution is 7.90. The van der Waals surface area contributed by atoms with E-state index in [1.165, 1.54) is 30.5 Å². The number of hydrogen-bond acceptors (Lipinski definition) is 4. The van der Waals surface area contributed by atoms with Crippen LogP contribution in [0.1, 0.15) is 48.7 Å². The number of aromatic nitrogens is 2. The number of benzene rings is 2. The Kier molecular flexibility index (Phi) is 6.52. The third-order valence-corrected chi connectivity index (χ3v) is 6.92. The van der Waals surface area contributed by atoms with Gasteiger partial charge in [-0.15, -0.1) is 4.40 Å². The fourth-order valence-corrected chi connectivity index (χ4v) is 5.05. The first-order valence-corrected chi connectivity index (χ1v) is 12.4. The second-order valence-corrected chi connectivity index (χ2v) is 10.1. The third kappa shape index (κ3) is 4.86. The number of anilines is 1. The van der Waals surface area contributed by atoms with E-state index in [1.54, 1.807) is 28.9 Å². The van der Waals surface area contributed by atoms with E-state index in [-0.39, 0.29) is 16.6 Å². The largest absolute Gasteiger partial charge is 0.362 e. The number of nitrogens with zero attached hydrogens (tertiary/aromatic N) is 4. The molecule has 3 aromatic rings. The van der Waals surface area contributed by atoms with Crippen LogP contribution in [0.2, 0.25) is 0 Å². The molecule has 0 saturated carbocycles. The molecule has 2 aromatic carbocycles. The van der Waals surface area contributed by atoms with E-state index in [0.29, 0.717) is 34.9 Å². The Morgan fingerprint density at radius 3 is 2.56 bits per heavy atom. The molecule has 1 aromatic heterocycles. The van der Waals surface area contributed by atoms with Crippen molar-refractivity contribution in [2.24, 2.45) is 4.40 Å². The summed E-state index contributed by atoms with van der Waals surface area (Å²) >= 11 is 0. The number of carbonyl (C=O) groups excluding carboxylic acids is 1. The van der Waals surface area contributed by atoms with E-state index in [9.17, 15) is 17.6 Å². The molecule has 1 amide bonds. The van der Waals surface area contributed by atoms with Crippen molar-refractivity contribution in [1.29, 1.82) is 0 Å². The molecule has 0 aliphatic carbocycles. The zero-order chi connectivity index (χ0) is 24.5. The summed E-state index contributed by atoms with van der Waals surface area (Å²) in [4.78, 5) is 14.9. The number of rotatable bonds is 6. The van der Waals surface area contributed by atoms with Crippen LogP contribution < -0.4 is 5.32 Å². The minimum atomic E-state index is -3.91. The van der Waals surface area contributed by atoms with E-state index in [4.69, 9.17) is 0 Å². The molecule has 4 rings (SSSR count). The van der Waals surface area contributed by atoms with Gasteiger partial charge in [0.15, 0.2) is 0 Å². The highest BCUT2D eigenvalue weighted by atomic mass is 32.2. The number of carbonyl (C=O) groups is 1. The molecule has 178 valence electrons. The van der Waals surface area contributed by atoms with E-state index < -0.39 is 15.9 Å². The van der Waals surface area contributed by atoms with E-state index >= 15 is 0 Å². The molecule has 0 unspecified atom stereocenters. The summed E-state index contributed by atoms with van der Waals surface area (Å²) in [5, 5.41) is 7.10. The van der Waals surface area contributed by atoms with Gasteiger partial charge in [0.2, 0.25) is 0 Å². The van der Waals surface area contributed by atoms with Gasteiger partial charge in [0.25, 0.3) is 15.9 Å². The second kappa shape index (κ2) is 9.38. The molecule has 0 bridgehead atoms. The molecule has 8 nitrogen and oxygen atoms in total. The van der Waals surface area contributed by atoms with Gasteiger partial charge in [0.1, 0.15) is 11.7 Å². The van der Waals surface area contributed by atoms with Gasteiger partial charge in [-0.25, -0.2) is 9.07 Å². The zero-order valence-electron chi connectivity index (χ0n) is 19.2. The first-order valence-electron chi connectivity index (χ1n) is 11.0. The normalized spacial score (nSPS) is 15.3. The van der Waals surface area contributed by atoms with Gasteiger partial charge in [-0.2, -0.15) is 13.5 Å². The molecule has 0 atom stereocenters. The first kappa shape index (κ1) is 23.6. The van der Waals surface area contributed by atoms with Gasteiger partial charge < -0.3 is 10.2 Å². The van der Waals surface area contributed by atoms with Crippen molar-refractivity contribution >= 4 is 27.5 Å². The van der Waals surface area contributed by atoms with Crippen LogP contribution in [0.5, 0.6) is 0 Å². The SMILES string of the molecule is CC(C)c1c(C(=O)Nc2cccc(S(=O)(=O)N=C3CCCN3C)c2)cnn1-c1ccc(F)cc1. The minimum Gasteiger partial charge on any atom is -0.362 e. The third-order valence-electron chi connectivity index (χ3n) is 5.62. The van der Waals surface area contributed by atoms with Gasteiger partial charge in [-0.3, -0.25) is 4.79 Å². The topological polar surface area (TPSA) is 96.7 Å². The zero-order valence-corrected chi connectivity index (χ0v) is 20.0. The Hall–Kier alpha value is -3.53. The number of likely N-dealkylation sites (tertiary alicyclic amines) is 1. The van der Waals surface area contributed by atoms with Gasteiger partial charge in [0, 0.05) is 25.7 Å². The van der Waals surface area contributed by atoms with Crippen LogP contribution in [0.4, 0.5) is 10.1 Å². The lowest BCUT2D eigenvalue weighted by Crippen LogP contribution is -2.20. The van der Waals surface area contributed by atoms with Crippen LogP contribution in [0.25, 0.3) is 5.69 Å². The maximum Gasteiger partial charge on any atom is 0.284 e. The molecule has 1 N–H and O–H groups in total. The summed E-state index contributed by atoms with van der Waals surface area (Å²) in [6.07, 6.45) is 2.93. The van der Waals surface area contributed by atoms with Gasteiger partial charge in [-0.05, 0) is 54.8 Å². The predicted molar refractivity (Wildman–Crippen MR) is 128 cm³/mol. The fourth-order valence-electron chi connectivity index (χ4n) is 3.91. The number of amidine groups is 1. The van der Waals surface area contributed by atoms with Crippen LogP contribution in [0, 0.1) is 5.82 Å². The summed E-state index contributed by atoms with van der Waals surface area (Å²) in [6, 6.07) is 11.9. The van der Waals surface area contributed by atoms with Crippen molar-refractivity contribution in [3.05, 3.63) is 71.8 Å². The molecular weight excluding hydrogens is 457 g/mol. The van der Waals surface area contributed by atoms with E-state index in [0.717, 1.165) is 13.0 Å². The van der Waals surface area contributed by atoms with Crippen molar-refractivity contribution in [3.63, 3.8) is 0 Å². The first-order chi connectivity index (χ1) is 16.2. The maximum atomic E-state index is 13.3. The monoisotopic (exact) mass is 483 g/mol. The predicted octanol–water partition coefficient (Wildman–Crippen LogP) is 4.20. The molecule has 1 aliphatic rings. The highest BCUT2D eigenvalue weighted by Gasteiger charge is 2.23. The number of hydrogen-bond donors (Lipinski definition) is 1. The fraction of sp³-hybridized carbons (Fsp3) is 0.292. The van der Waals surface area contributed by atoms with Gasteiger partial charge in [0.05, 0.1) is 28.0 Å². The molecule has 34 heavy (non-hydrogen) atoms. The van der Waals surface area contributed by atoms with E-state index in [1.807, 2.05) is 25.8 Å². The lowest BCUT2D eigenvalue weighted by molar-refractivity contribution is 0.102. The standard InChI is InChI=1S/C24H26FN5O3S/c1-16(2)23-21(15-26-30(23)19-11-9-17(25)10-12-19)24(31)27-18-6-4-7-20(14-18)34(32,33)28-22-8-5-13-29(22)3/h4,6-7,9-12,14-16H,5,8,13H2,1-3H3,(H,27,31). The summed E-state index contributed by atoms with van der Waals surface area (Å²) < 4.78 is 44.5. The van der Waals surface area contributed by atoms with Crippen LogP contribution in [-0.4, -0.2) is 48.4 Å². The number of sulfonamides is 1. The molecule has 10 heteroatoms. The van der Waals surface area contributed by atoms with Crippen LogP contribution in [-0.2, 0) is 10.0 Å². The molecule has 1 aliphatic heterocycles. The highest BCUT2D eigenvalue weighted by Crippen LogP contribution is 2.25. The molecule has 2 heterocycles. The smallest absolute Gasteiger partial charge is 0.284 e. The number of nitrogens with one attached hydrogen (secondary N) is 1. The van der Waals surface area contributed by atoms with E-state index in [2.05, 4.69) is 14.8 Å². The number of halogens is 1. The van der Waals surface area contributed by atoms with Crippen molar-refractivity contribution in [1.82, 2.24) is 14.7 Å². The van der Waals surface area contributed by atoms with Crippen molar-refractivity contribution in [2.45, 2.75) is 37.5 Å². The molecule has 0 spiro atoms. The Labute approximate surface area is 198 Å². The number of amides is 1. The lowest BCUT2D eigenvalue weighted by atomic mass is 10.0. The summed E-state index contributed by atoms with van der Waals surface area (Å²) in [5.41, 5.74) is 1.97. The Bertz CT molecular complexity index is 1350. The summed E-state index contributed by atoms with van der Waals surface area (Å²) in [7, 11) is -2.09. The lowest BCUT2D eigenvalue weighted by Gasteiger charge is -2.13. The van der Waals surface area contributed by atoms with Gasteiger partial charge in [-0.1, -0.05) is 19.9 Å². The Morgan fingerprint density at radius 1 is 1.18 bits per heavy atom. The molecular formula is C24H26FN5O3S. The van der Waals surface area contributed by atoms with Crippen LogP contribution in [0.15, 0.2) is 64.0 Å². The summed E-state index contributed by atoms with van der Waals surface area (Å²) in [5.74, 6) is -0.309. The maximum absolute atomic E-state index is 13.3. The van der Waals surface area contributed by atoms with Crippen LogP contribution in [0.3, 0.4) is 0 Å². The average Bonchev–Trinajstić information content (AvgIpc) is 3.41. The Balaban J connectivity index is 1.61. The van der Waals surface area contributed by atoms with Gasteiger partial charge >= 0.3 is 0 Å². The molecule has 1 fully saturated rings. The quantitative estimate of drug-likeness (QED) is 0.567. The van der Waals surface area contributed by atoms with Crippen molar-refractivity contribution < 1.29 is 17.6 Å². The minimum absolute atomic E-state index is 0.00388. The van der Waals surface area contributed by atoms with Crippen LogP contribution >= 0.6 is 0 Å². The average molecular weight is 484 g/mol. The van der Waals surface area contributed by atoms with Crippen molar-refractivity contribution in [3.8, 4) is 5.69 Å². The Morgan fingerprint density at radius 2 is 1.91 bits per heavy atom. The molecule has 0 radical (unpaired) electrons.